The molecule has 0 saturated heterocycles. The molecule has 0 unspecified atom stereocenters. The monoisotopic (exact) mass is 512 g/mol. The van der Waals surface area contributed by atoms with Gasteiger partial charge >= 0.3 is 5.69 Å². The number of aromatic nitrogens is 5. The SMILES string of the molecule is N#Cc1cnc(NCc2ccc(-c3cnc4[nH]c(=O)[nH]c4c3)cc2)c(C(=O)NCc2ccc(F)c(F)c2)n1. The molecule has 0 aliphatic rings. The highest BCUT2D eigenvalue weighted by Gasteiger charge is 2.16. The first kappa shape index (κ1) is 24.3. The Balaban J connectivity index is 1.29. The number of benzene rings is 2. The van der Waals surface area contributed by atoms with E-state index in [0.717, 1.165) is 28.8 Å². The summed E-state index contributed by atoms with van der Waals surface area (Å²) < 4.78 is 26.6. The number of carbonyl (C=O) groups excluding carboxylic acids is 1. The molecule has 4 N–H and O–H groups in total. The van der Waals surface area contributed by atoms with E-state index in [1.54, 1.807) is 6.20 Å². The normalized spacial score (nSPS) is 10.8. The van der Waals surface area contributed by atoms with Crippen molar-refractivity contribution in [2.75, 3.05) is 5.32 Å². The van der Waals surface area contributed by atoms with E-state index in [-0.39, 0.29) is 29.4 Å². The van der Waals surface area contributed by atoms with Crippen LogP contribution in [0.25, 0.3) is 22.3 Å². The van der Waals surface area contributed by atoms with Gasteiger partial charge in [0.25, 0.3) is 5.91 Å². The highest BCUT2D eigenvalue weighted by molar-refractivity contribution is 5.96. The zero-order valence-corrected chi connectivity index (χ0v) is 19.5. The molecule has 0 spiro atoms. The quantitative estimate of drug-likeness (QED) is 0.261. The number of carbonyl (C=O) groups is 1. The van der Waals surface area contributed by atoms with Gasteiger partial charge in [0, 0.05) is 24.8 Å². The third-order valence-electron chi connectivity index (χ3n) is 5.65. The lowest BCUT2D eigenvalue weighted by Gasteiger charge is -2.12. The molecule has 0 aliphatic heterocycles. The number of rotatable bonds is 7. The van der Waals surface area contributed by atoms with Crippen molar-refractivity contribution in [2.24, 2.45) is 0 Å². The van der Waals surface area contributed by atoms with E-state index in [4.69, 9.17) is 0 Å². The van der Waals surface area contributed by atoms with Crippen LogP contribution in [-0.2, 0) is 13.1 Å². The number of hydrogen-bond acceptors (Lipinski definition) is 7. The molecule has 2 aromatic carbocycles. The maximum atomic E-state index is 13.5. The predicted molar refractivity (Wildman–Crippen MR) is 134 cm³/mol. The van der Waals surface area contributed by atoms with Crippen LogP contribution in [0.3, 0.4) is 0 Å². The van der Waals surface area contributed by atoms with Gasteiger partial charge in [0.1, 0.15) is 6.07 Å². The molecule has 0 fully saturated rings. The van der Waals surface area contributed by atoms with Crippen LogP contribution in [0.1, 0.15) is 27.3 Å². The summed E-state index contributed by atoms with van der Waals surface area (Å²) in [6.45, 7) is 0.222. The van der Waals surface area contributed by atoms with Gasteiger partial charge in [-0.15, -0.1) is 0 Å². The number of nitrogens with zero attached hydrogens (tertiary/aromatic N) is 4. The number of pyridine rings is 1. The molecule has 38 heavy (non-hydrogen) atoms. The number of H-pyrrole nitrogens is 2. The Morgan fingerprint density at radius 2 is 1.71 bits per heavy atom. The molecule has 3 aromatic heterocycles. The molecule has 0 bridgehead atoms. The van der Waals surface area contributed by atoms with Gasteiger partial charge in [-0.1, -0.05) is 30.3 Å². The van der Waals surface area contributed by atoms with Crippen LogP contribution in [0, 0.1) is 23.0 Å². The third-order valence-corrected chi connectivity index (χ3v) is 5.65. The van der Waals surface area contributed by atoms with Gasteiger partial charge in [0.05, 0.1) is 11.7 Å². The van der Waals surface area contributed by atoms with Crippen LogP contribution in [-0.4, -0.2) is 30.8 Å². The van der Waals surface area contributed by atoms with E-state index in [0.29, 0.717) is 23.3 Å². The smallest absolute Gasteiger partial charge is 0.325 e. The number of fused-ring (bicyclic) bond motifs is 1. The number of nitriles is 1. The fourth-order valence-electron chi connectivity index (χ4n) is 3.73. The summed E-state index contributed by atoms with van der Waals surface area (Å²) >= 11 is 0. The van der Waals surface area contributed by atoms with Crippen LogP contribution in [0.2, 0.25) is 0 Å². The van der Waals surface area contributed by atoms with E-state index < -0.39 is 17.5 Å². The Labute approximate surface area is 213 Å². The fraction of sp³-hybridized carbons (Fsp3) is 0.0769. The summed E-state index contributed by atoms with van der Waals surface area (Å²) in [6.07, 6.45) is 2.91. The van der Waals surface area contributed by atoms with E-state index in [2.05, 4.69) is 35.6 Å². The van der Waals surface area contributed by atoms with Crippen molar-refractivity contribution < 1.29 is 13.6 Å². The minimum Gasteiger partial charge on any atom is -0.364 e. The molecule has 1 amide bonds. The van der Waals surface area contributed by atoms with E-state index in [1.807, 2.05) is 36.4 Å². The third kappa shape index (κ3) is 5.21. The highest BCUT2D eigenvalue weighted by atomic mass is 19.2. The number of halogens is 2. The van der Waals surface area contributed by atoms with Gasteiger partial charge in [0.15, 0.2) is 34.5 Å². The summed E-state index contributed by atoms with van der Waals surface area (Å²) in [5.74, 6) is -2.49. The molecule has 3 heterocycles. The second-order valence-corrected chi connectivity index (χ2v) is 8.25. The van der Waals surface area contributed by atoms with Gasteiger partial charge in [-0.3, -0.25) is 9.78 Å². The molecular formula is C26H18F2N8O2. The number of amides is 1. The zero-order valence-electron chi connectivity index (χ0n) is 19.5. The molecule has 0 radical (unpaired) electrons. The Kier molecular flexibility index (Phi) is 6.56. The fourth-order valence-corrected chi connectivity index (χ4v) is 3.73. The first-order valence-electron chi connectivity index (χ1n) is 11.3. The highest BCUT2D eigenvalue weighted by Crippen LogP contribution is 2.22. The van der Waals surface area contributed by atoms with Crippen LogP contribution >= 0.6 is 0 Å². The zero-order chi connectivity index (χ0) is 26.6. The summed E-state index contributed by atoms with van der Waals surface area (Å²) in [5, 5.41) is 14.8. The van der Waals surface area contributed by atoms with Gasteiger partial charge in [-0.25, -0.2) is 28.5 Å². The summed E-state index contributed by atoms with van der Waals surface area (Å²) in [6, 6.07) is 14.5. The summed E-state index contributed by atoms with van der Waals surface area (Å²) in [7, 11) is 0. The lowest BCUT2D eigenvalue weighted by Crippen LogP contribution is -2.26. The van der Waals surface area contributed by atoms with Gasteiger partial charge in [-0.05, 0) is 34.9 Å². The number of nitrogens with one attached hydrogen (secondary N) is 4. The van der Waals surface area contributed by atoms with Crippen LogP contribution in [0.15, 0.2) is 65.7 Å². The molecule has 5 aromatic rings. The minimum absolute atomic E-state index is 0.0489. The molecule has 0 aliphatic carbocycles. The van der Waals surface area contributed by atoms with Crippen LogP contribution < -0.4 is 16.3 Å². The van der Waals surface area contributed by atoms with E-state index in [1.165, 1.54) is 12.3 Å². The second kappa shape index (κ2) is 10.3. The first-order valence-corrected chi connectivity index (χ1v) is 11.3. The number of anilines is 1. The van der Waals surface area contributed by atoms with Crippen molar-refractivity contribution in [2.45, 2.75) is 13.1 Å². The topological polar surface area (TPSA) is 152 Å². The Morgan fingerprint density at radius 1 is 0.921 bits per heavy atom. The van der Waals surface area contributed by atoms with Crippen molar-refractivity contribution in [1.29, 1.82) is 5.26 Å². The van der Waals surface area contributed by atoms with Crippen molar-refractivity contribution in [3.8, 4) is 17.2 Å². The average Bonchev–Trinajstić information content (AvgIpc) is 3.31. The lowest BCUT2D eigenvalue weighted by atomic mass is 10.1. The summed E-state index contributed by atoms with van der Waals surface area (Å²) in [5.41, 5.74) is 3.54. The van der Waals surface area contributed by atoms with Gasteiger partial charge in [0.2, 0.25) is 0 Å². The maximum absolute atomic E-state index is 13.5. The molecule has 188 valence electrons. The average molecular weight is 512 g/mol. The first-order chi connectivity index (χ1) is 18.4. The molecule has 10 nitrogen and oxygen atoms in total. The van der Waals surface area contributed by atoms with Crippen LogP contribution in [0.4, 0.5) is 14.6 Å². The van der Waals surface area contributed by atoms with Crippen molar-refractivity contribution in [3.63, 3.8) is 0 Å². The van der Waals surface area contributed by atoms with Crippen LogP contribution in [0.5, 0.6) is 0 Å². The number of aromatic amines is 2. The van der Waals surface area contributed by atoms with Crippen molar-refractivity contribution >= 4 is 22.9 Å². The molecule has 0 atom stereocenters. The minimum atomic E-state index is -1.02. The van der Waals surface area contributed by atoms with Gasteiger partial charge < -0.3 is 15.6 Å². The predicted octanol–water partition coefficient (Wildman–Crippen LogP) is 3.40. The van der Waals surface area contributed by atoms with Gasteiger partial charge in [-0.2, -0.15) is 5.26 Å². The second-order valence-electron chi connectivity index (χ2n) is 8.25. The Morgan fingerprint density at radius 3 is 2.47 bits per heavy atom. The Hall–Kier alpha value is -5.44. The lowest BCUT2D eigenvalue weighted by molar-refractivity contribution is 0.0946. The standard InChI is InChI=1S/C26H18F2N8O2/c27-19-6-3-15(7-20(19)28)11-33-25(37)22-24(32-13-18(9-29)34-22)30-10-14-1-4-16(5-2-14)17-8-21-23(31-12-17)36-26(38)35-21/h1-8,12-13H,10-11H2,(H,30,32)(H,33,37)(H2,31,35,36,38). The number of imidazole rings is 1. The Bertz CT molecular complexity index is 1760. The van der Waals surface area contributed by atoms with E-state index >= 15 is 0 Å². The molecular weight excluding hydrogens is 494 g/mol. The molecule has 5 rings (SSSR count). The molecule has 0 saturated carbocycles. The maximum Gasteiger partial charge on any atom is 0.325 e. The largest absolute Gasteiger partial charge is 0.364 e. The number of hydrogen-bond donors (Lipinski definition) is 4. The van der Waals surface area contributed by atoms with E-state index in [9.17, 15) is 23.6 Å². The van der Waals surface area contributed by atoms with Crippen molar-refractivity contribution in [3.05, 3.63) is 106 Å². The molecule has 12 heteroatoms. The summed E-state index contributed by atoms with van der Waals surface area (Å²) in [4.78, 5) is 42.0. The van der Waals surface area contributed by atoms with Crippen molar-refractivity contribution in [1.82, 2.24) is 30.2 Å².